The molecule has 0 saturated heterocycles. The number of benzene rings is 2. The van der Waals surface area contributed by atoms with Gasteiger partial charge in [-0.15, -0.1) is 0 Å². The number of hydrogen-bond donors (Lipinski definition) is 1. The highest BCUT2D eigenvalue weighted by molar-refractivity contribution is 5.83. The van der Waals surface area contributed by atoms with Gasteiger partial charge >= 0.3 is 0 Å². The van der Waals surface area contributed by atoms with Crippen molar-refractivity contribution in [1.82, 2.24) is 0 Å². The summed E-state index contributed by atoms with van der Waals surface area (Å²) in [6.07, 6.45) is 0.660. The van der Waals surface area contributed by atoms with E-state index in [9.17, 15) is 13.6 Å². The maximum Gasteiger partial charge on any atom is 0.141 e. The van der Waals surface area contributed by atoms with Crippen LogP contribution in [-0.4, -0.2) is 5.78 Å². The molecule has 0 amide bonds. The predicted molar refractivity (Wildman–Crippen MR) is 81.7 cm³/mol. The largest absolute Gasteiger partial charge is 0.359 e. The lowest BCUT2D eigenvalue weighted by Gasteiger charge is -2.06. The van der Waals surface area contributed by atoms with Crippen molar-refractivity contribution in [3.05, 3.63) is 77.0 Å². The molecule has 0 saturated carbocycles. The number of ketones is 1. The molecule has 1 N–H and O–H groups in total. The Morgan fingerprint density at radius 2 is 1.86 bits per heavy atom. The van der Waals surface area contributed by atoms with E-state index in [-0.39, 0.29) is 24.2 Å². The summed E-state index contributed by atoms with van der Waals surface area (Å²) in [7, 11) is 0. The lowest BCUT2D eigenvalue weighted by Crippen LogP contribution is -2.09. The van der Waals surface area contributed by atoms with Crippen LogP contribution in [0.4, 0.5) is 14.5 Å². The molecule has 2 aromatic rings. The van der Waals surface area contributed by atoms with Crippen LogP contribution in [0.2, 0.25) is 0 Å². The standard InChI is InChI=1S/C18H15F2NO/c1-11-7-13-8-12(5-6-18(13)21-11)9-14(22)10-15-16(19)3-2-4-17(15)20/h2-6,8,21H,1,7,9-10H2. The van der Waals surface area contributed by atoms with Crippen LogP contribution in [0.25, 0.3) is 0 Å². The molecule has 0 bridgehead atoms. The van der Waals surface area contributed by atoms with Crippen LogP contribution in [-0.2, 0) is 24.1 Å². The molecule has 0 radical (unpaired) electrons. The average Bonchev–Trinajstić information content (AvgIpc) is 2.82. The highest BCUT2D eigenvalue weighted by Crippen LogP contribution is 2.28. The summed E-state index contributed by atoms with van der Waals surface area (Å²) < 4.78 is 27.1. The highest BCUT2D eigenvalue weighted by Gasteiger charge is 2.16. The van der Waals surface area contributed by atoms with E-state index in [0.29, 0.717) is 0 Å². The summed E-state index contributed by atoms with van der Waals surface area (Å²) in [5.74, 6) is -1.57. The Bertz CT molecular complexity index is 747. The van der Waals surface area contributed by atoms with Gasteiger partial charge in [0.2, 0.25) is 0 Å². The Labute approximate surface area is 127 Å². The Hall–Kier alpha value is -2.49. The van der Waals surface area contributed by atoms with Crippen molar-refractivity contribution < 1.29 is 13.6 Å². The highest BCUT2D eigenvalue weighted by atomic mass is 19.1. The van der Waals surface area contributed by atoms with Gasteiger partial charge in [-0.25, -0.2) is 8.78 Å². The van der Waals surface area contributed by atoms with Gasteiger partial charge in [0.15, 0.2) is 0 Å². The molecule has 0 fully saturated rings. The van der Waals surface area contributed by atoms with E-state index in [1.54, 1.807) is 0 Å². The first-order valence-corrected chi connectivity index (χ1v) is 7.04. The zero-order valence-corrected chi connectivity index (χ0v) is 12.0. The Morgan fingerprint density at radius 3 is 2.59 bits per heavy atom. The fraction of sp³-hybridized carbons (Fsp3) is 0.167. The van der Waals surface area contributed by atoms with Crippen LogP contribution in [0.1, 0.15) is 16.7 Å². The van der Waals surface area contributed by atoms with Gasteiger partial charge in [-0.3, -0.25) is 4.79 Å². The number of allylic oxidation sites excluding steroid dienone is 1. The third kappa shape index (κ3) is 2.91. The maximum absolute atomic E-state index is 13.6. The van der Waals surface area contributed by atoms with Gasteiger partial charge in [0.1, 0.15) is 17.4 Å². The molecule has 0 aromatic heterocycles. The Balaban J connectivity index is 1.73. The van der Waals surface area contributed by atoms with Crippen LogP contribution < -0.4 is 5.32 Å². The predicted octanol–water partition coefficient (Wildman–Crippen LogP) is 3.80. The second-order valence-electron chi connectivity index (χ2n) is 5.49. The first kappa shape index (κ1) is 14.4. The number of nitrogens with one attached hydrogen (secondary N) is 1. The number of carbonyl (C=O) groups is 1. The van der Waals surface area contributed by atoms with Crippen LogP contribution in [0.5, 0.6) is 0 Å². The normalized spacial score (nSPS) is 12.9. The van der Waals surface area contributed by atoms with E-state index in [1.807, 2.05) is 18.2 Å². The molecular weight excluding hydrogens is 284 g/mol. The average molecular weight is 299 g/mol. The van der Waals surface area contributed by atoms with Crippen LogP contribution in [0.15, 0.2) is 48.7 Å². The summed E-state index contributed by atoms with van der Waals surface area (Å²) in [5.41, 5.74) is 3.70. The van der Waals surface area contributed by atoms with Gasteiger partial charge in [0.05, 0.1) is 0 Å². The van der Waals surface area contributed by atoms with Crippen LogP contribution in [0.3, 0.4) is 0 Å². The molecule has 2 nitrogen and oxygen atoms in total. The molecule has 2 aromatic carbocycles. The zero-order valence-electron chi connectivity index (χ0n) is 12.0. The van der Waals surface area contributed by atoms with E-state index < -0.39 is 11.6 Å². The topological polar surface area (TPSA) is 29.1 Å². The van der Waals surface area contributed by atoms with E-state index in [0.717, 1.165) is 28.9 Å². The van der Waals surface area contributed by atoms with Gasteiger partial charge in [-0.2, -0.15) is 0 Å². The van der Waals surface area contributed by atoms with E-state index >= 15 is 0 Å². The molecule has 4 heteroatoms. The molecule has 1 aliphatic heterocycles. The van der Waals surface area contributed by atoms with Crippen molar-refractivity contribution in [3.8, 4) is 0 Å². The molecule has 1 heterocycles. The van der Waals surface area contributed by atoms with Crippen molar-refractivity contribution in [2.75, 3.05) is 5.32 Å². The van der Waals surface area contributed by atoms with E-state index in [1.165, 1.54) is 18.2 Å². The van der Waals surface area contributed by atoms with Crippen molar-refractivity contribution >= 4 is 11.5 Å². The third-order valence-electron chi connectivity index (χ3n) is 3.72. The molecule has 112 valence electrons. The molecule has 0 spiro atoms. The fourth-order valence-corrected chi connectivity index (χ4v) is 2.68. The SMILES string of the molecule is C=C1Cc2cc(CC(=O)Cc3c(F)cccc3F)ccc2N1. The summed E-state index contributed by atoms with van der Waals surface area (Å²) in [6, 6.07) is 9.31. The number of rotatable bonds is 4. The van der Waals surface area contributed by atoms with Crippen molar-refractivity contribution in [2.24, 2.45) is 0 Å². The third-order valence-corrected chi connectivity index (χ3v) is 3.72. The smallest absolute Gasteiger partial charge is 0.141 e. The zero-order chi connectivity index (χ0) is 15.7. The first-order valence-electron chi connectivity index (χ1n) is 7.04. The van der Waals surface area contributed by atoms with Crippen molar-refractivity contribution in [2.45, 2.75) is 19.3 Å². The molecule has 22 heavy (non-hydrogen) atoms. The number of halogens is 2. The van der Waals surface area contributed by atoms with Gasteiger partial charge in [-0.1, -0.05) is 24.8 Å². The molecule has 0 unspecified atom stereocenters. The van der Waals surface area contributed by atoms with Gasteiger partial charge in [-0.05, 0) is 29.3 Å². The molecule has 1 aliphatic rings. The van der Waals surface area contributed by atoms with Gasteiger partial charge < -0.3 is 5.32 Å². The number of Topliss-reactive ketones (excluding diaryl/α,β-unsaturated/α-hetero) is 1. The second kappa shape index (κ2) is 5.72. The molecule has 0 atom stereocenters. The first-order chi connectivity index (χ1) is 10.5. The quantitative estimate of drug-likeness (QED) is 0.930. The van der Waals surface area contributed by atoms with Crippen LogP contribution in [0, 0.1) is 11.6 Å². The number of anilines is 1. The van der Waals surface area contributed by atoms with E-state index in [4.69, 9.17) is 0 Å². The van der Waals surface area contributed by atoms with E-state index in [2.05, 4.69) is 11.9 Å². The summed E-state index contributed by atoms with van der Waals surface area (Å²) >= 11 is 0. The minimum atomic E-state index is -0.678. The Morgan fingerprint density at radius 1 is 1.14 bits per heavy atom. The van der Waals surface area contributed by atoms with Crippen LogP contribution >= 0.6 is 0 Å². The fourth-order valence-electron chi connectivity index (χ4n) is 2.68. The van der Waals surface area contributed by atoms with Crippen molar-refractivity contribution in [3.63, 3.8) is 0 Å². The molecule has 0 aliphatic carbocycles. The number of hydrogen-bond acceptors (Lipinski definition) is 2. The Kier molecular flexibility index (Phi) is 3.75. The van der Waals surface area contributed by atoms with Gasteiger partial charge in [0, 0.05) is 36.2 Å². The summed E-state index contributed by atoms with van der Waals surface area (Å²) in [6.45, 7) is 3.87. The number of fused-ring (bicyclic) bond motifs is 1. The lowest BCUT2D eigenvalue weighted by atomic mass is 10.00. The van der Waals surface area contributed by atoms with Crippen molar-refractivity contribution in [1.29, 1.82) is 0 Å². The maximum atomic E-state index is 13.6. The molecule has 3 rings (SSSR count). The van der Waals surface area contributed by atoms with Gasteiger partial charge in [0.25, 0.3) is 0 Å². The summed E-state index contributed by atoms with van der Waals surface area (Å²) in [5, 5.41) is 3.15. The minimum absolute atomic E-state index is 0.160. The minimum Gasteiger partial charge on any atom is -0.359 e. The summed E-state index contributed by atoms with van der Waals surface area (Å²) in [4.78, 5) is 12.1. The molecular formula is C18H15F2NO. The lowest BCUT2D eigenvalue weighted by molar-refractivity contribution is -0.117. The second-order valence-corrected chi connectivity index (χ2v) is 5.49. The number of carbonyl (C=O) groups excluding carboxylic acids is 1. The monoisotopic (exact) mass is 299 g/mol.